The van der Waals surface area contributed by atoms with Crippen molar-refractivity contribution in [1.29, 1.82) is 0 Å². The fourth-order valence-corrected chi connectivity index (χ4v) is 3.06. The minimum Gasteiger partial charge on any atom is -0.480 e. The van der Waals surface area contributed by atoms with Crippen molar-refractivity contribution < 1.29 is 14.3 Å². The first-order valence-corrected chi connectivity index (χ1v) is 9.65. The van der Waals surface area contributed by atoms with Gasteiger partial charge in [-0.3, -0.25) is 9.59 Å². The number of benzene rings is 2. The average molecular weight is 454 g/mol. The van der Waals surface area contributed by atoms with Crippen LogP contribution in [-0.4, -0.2) is 36.9 Å². The van der Waals surface area contributed by atoms with Crippen molar-refractivity contribution in [2.24, 2.45) is 0 Å². The van der Waals surface area contributed by atoms with Gasteiger partial charge >= 0.3 is 0 Å². The Morgan fingerprint density at radius 3 is 2.44 bits per heavy atom. The Hall–Kier alpha value is -2.05. The number of hydrogen-bond donors (Lipinski definition) is 1. The van der Waals surface area contributed by atoms with Crippen LogP contribution in [0.25, 0.3) is 0 Å². The third kappa shape index (κ3) is 6.56. The lowest BCUT2D eigenvalue weighted by Crippen LogP contribution is -2.30. The van der Waals surface area contributed by atoms with Crippen LogP contribution in [0.2, 0.25) is 5.02 Å². The van der Waals surface area contributed by atoms with E-state index in [-0.39, 0.29) is 11.8 Å². The Balaban J connectivity index is 1.90. The molecule has 2 rings (SSSR count). The normalized spacial score (nSPS) is 11.6. The molecule has 0 aliphatic rings. The highest BCUT2D eigenvalue weighted by Crippen LogP contribution is 2.28. The van der Waals surface area contributed by atoms with Crippen LogP contribution in [-0.2, 0) is 16.0 Å². The smallest absolute Gasteiger partial charge is 0.265 e. The van der Waals surface area contributed by atoms with Crippen LogP contribution in [0.4, 0.5) is 5.69 Å². The Morgan fingerprint density at radius 2 is 1.85 bits per heavy atom. The molecule has 0 fully saturated rings. The SMILES string of the molecule is CC(Oc1ccc(Cl)cc1Br)C(=O)Nc1ccc(CCC(=O)N(C)C)cc1. The molecule has 5 nitrogen and oxygen atoms in total. The van der Waals surface area contributed by atoms with Crippen molar-refractivity contribution in [2.45, 2.75) is 25.9 Å². The first-order valence-electron chi connectivity index (χ1n) is 8.48. The molecule has 0 heterocycles. The number of nitrogens with one attached hydrogen (secondary N) is 1. The van der Waals surface area contributed by atoms with Crippen LogP contribution in [0.15, 0.2) is 46.9 Å². The maximum atomic E-state index is 12.3. The van der Waals surface area contributed by atoms with Gasteiger partial charge < -0.3 is 15.0 Å². The van der Waals surface area contributed by atoms with Crippen LogP contribution in [0.5, 0.6) is 5.75 Å². The number of halogens is 2. The Bertz CT molecular complexity index is 809. The molecule has 2 amide bonds. The number of amides is 2. The molecular formula is C20H22BrClN2O3. The molecule has 2 aromatic rings. The summed E-state index contributed by atoms with van der Waals surface area (Å²) in [4.78, 5) is 25.6. The molecule has 7 heteroatoms. The molecule has 0 aromatic heterocycles. The van der Waals surface area contributed by atoms with E-state index < -0.39 is 6.10 Å². The summed E-state index contributed by atoms with van der Waals surface area (Å²) in [6, 6.07) is 12.6. The molecule has 1 N–H and O–H groups in total. The van der Waals surface area contributed by atoms with E-state index in [1.165, 1.54) is 0 Å². The minimum atomic E-state index is -0.681. The monoisotopic (exact) mass is 452 g/mol. The molecule has 0 saturated heterocycles. The van der Waals surface area contributed by atoms with Crippen molar-refractivity contribution in [1.82, 2.24) is 4.90 Å². The highest BCUT2D eigenvalue weighted by Gasteiger charge is 2.16. The lowest BCUT2D eigenvalue weighted by Gasteiger charge is -2.16. The molecule has 0 saturated carbocycles. The van der Waals surface area contributed by atoms with Crippen LogP contribution in [0, 0.1) is 0 Å². The van der Waals surface area contributed by atoms with E-state index in [1.54, 1.807) is 44.1 Å². The largest absolute Gasteiger partial charge is 0.480 e. The molecular weight excluding hydrogens is 432 g/mol. The number of nitrogens with zero attached hydrogens (tertiary/aromatic N) is 1. The second kappa shape index (κ2) is 9.76. The average Bonchev–Trinajstić information content (AvgIpc) is 2.62. The number of aryl methyl sites for hydroxylation is 1. The van der Waals surface area contributed by atoms with Crippen molar-refractivity contribution in [3.8, 4) is 5.75 Å². The Kier molecular flexibility index (Phi) is 7.68. The highest BCUT2D eigenvalue weighted by molar-refractivity contribution is 9.10. The number of carbonyl (C=O) groups is 2. The summed E-state index contributed by atoms with van der Waals surface area (Å²) >= 11 is 9.27. The third-order valence-corrected chi connectivity index (χ3v) is 4.77. The molecule has 1 atom stereocenters. The van der Waals surface area contributed by atoms with E-state index in [0.717, 1.165) is 5.56 Å². The fourth-order valence-electron chi connectivity index (χ4n) is 2.29. The van der Waals surface area contributed by atoms with Gasteiger partial charge in [0.25, 0.3) is 5.91 Å². The van der Waals surface area contributed by atoms with Crippen LogP contribution >= 0.6 is 27.5 Å². The molecule has 0 aliphatic carbocycles. The lowest BCUT2D eigenvalue weighted by molar-refractivity contribution is -0.128. The minimum absolute atomic E-state index is 0.0895. The quantitative estimate of drug-likeness (QED) is 0.670. The standard InChI is InChI=1S/C20H22BrClN2O3/c1-13(27-18-10-7-15(22)12-17(18)21)20(26)23-16-8-4-14(5-9-16)6-11-19(25)24(2)3/h4-5,7-10,12-13H,6,11H2,1-3H3,(H,23,26). The first kappa shape index (κ1) is 21.3. The number of rotatable bonds is 7. The van der Waals surface area contributed by atoms with Crippen LogP contribution < -0.4 is 10.1 Å². The molecule has 27 heavy (non-hydrogen) atoms. The fraction of sp³-hybridized carbons (Fsp3) is 0.300. The summed E-state index contributed by atoms with van der Waals surface area (Å²) in [5.74, 6) is 0.377. The molecule has 2 aromatic carbocycles. The number of hydrogen-bond acceptors (Lipinski definition) is 3. The molecule has 0 spiro atoms. The van der Waals surface area contributed by atoms with Crippen molar-refractivity contribution >= 4 is 45.0 Å². The molecule has 1 unspecified atom stereocenters. The predicted molar refractivity (Wildman–Crippen MR) is 111 cm³/mol. The summed E-state index contributed by atoms with van der Waals surface area (Å²) < 4.78 is 6.37. The second-order valence-electron chi connectivity index (χ2n) is 6.31. The zero-order chi connectivity index (χ0) is 20.0. The Morgan fingerprint density at radius 1 is 1.19 bits per heavy atom. The summed E-state index contributed by atoms with van der Waals surface area (Å²) in [5.41, 5.74) is 1.71. The number of carbonyl (C=O) groups excluding carboxylic acids is 2. The van der Waals surface area contributed by atoms with Crippen molar-refractivity contribution in [2.75, 3.05) is 19.4 Å². The van der Waals surface area contributed by atoms with E-state index in [2.05, 4.69) is 21.2 Å². The second-order valence-corrected chi connectivity index (χ2v) is 7.60. The van der Waals surface area contributed by atoms with Crippen molar-refractivity contribution in [3.63, 3.8) is 0 Å². The van der Waals surface area contributed by atoms with Gasteiger partial charge in [0.05, 0.1) is 4.47 Å². The van der Waals surface area contributed by atoms with Crippen LogP contribution in [0.1, 0.15) is 18.9 Å². The predicted octanol–water partition coefficient (Wildman–Crippen LogP) is 4.53. The zero-order valence-corrected chi connectivity index (χ0v) is 17.8. The molecule has 144 valence electrons. The van der Waals surface area contributed by atoms with Crippen LogP contribution in [0.3, 0.4) is 0 Å². The molecule has 0 aliphatic heterocycles. The zero-order valence-electron chi connectivity index (χ0n) is 15.5. The summed E-state index contributed by atoms with van der Waals surface area (Å²) in [7, 11) is 3.49. The lowest BCUT2D eigenvalue weighted by atomic mass is 10.1. The van der Waals surface area contributed by atoms with Gasteiger partial charge in [-0.05, 0) is 65.2 Å². The highest BCUT2D eigenvalue weighted by atomic mass is 79.9. The van der Waals surface area contributed by atoms with Gasteiger partial charge in [0.2, 0.25) is 5.91 Å². The third-order valence-electron chi connectivity index (χ3n) is 3.91. The summed E-state index contributed by atoms with van der Waals surface area (Å²) in [6.45, 7) is 1.68. The summed E-state index contributed by atoms with van der Waals surface area (Å²) in [6.07, 6.45) is 0.439. The van der Waals surface area contributed by atoms with E-state index in [9.17, 15) is 9.59 Å². The topological polar surface area (TPSA) is 58.6 Å². The van der Waals surface area contributed by atoms with Gasteiger partial charge in [-0.1, -0.05) is 23.7 Å². The molecule has 0 radical (unpaired) electrons. The maximum absolute atomic E-state index is 12.3. The van der Waals surface area contributed by atoms with E-state index in [1.807, 2.05) is 24.3 Å². The van der Waals surface area contributed by atoms with Gasteiger partial charge in [-0.15, -0.1) is 0 Å². The van der Waals surface area contributed by atoms with Gasteiger partial charge in [0.15, 0.2) is 6.10 Å². The van der Waals surface area contributed by atoms with E-state index >= 15 is 0 Å². The van der Waals surface area contributed by atoms with Crippen molar-refractivity contribution in [3.05, 3.63) is 57.5 Å². The van der Waals surface area contributed by atoms with E-state index in [0.29, 0.717) is 33.8 Å². The Labute approximate surface area is 172 Å². The maximum Gasteiger partial charge on any atom is 0.265 e. The van der Waals surface area contributed by atoms with E-state index in [4.69, 9.17) is 16.3 Å². The summed E-state index contributed by atoms with van der Waals surface area (Å²) in [5, 5.41) is 3.40. The number of anilines is 1. The van der Waals surface area contributed by atoms with Gasteiger partial charge in [0.1, 0.15) is 5.75 Å². The van der Waals surface area contributed by atoms with Gasteiger partial charge in [0, 0.05) is 31.2 Å². The molecule has 0 bridgehead atoms. The van der Waals surface area contributed by atoms with Gasteiger partial charge in [-0.2, -0.15) is 0 Å². The van der Waals surface area contributed by atoms with Gasteiger partial charge in [-0.25, -0.2) is 0 Å². The first-order chi connectivity index (χ1) is 12.8. The number of ether oxygens (including phenoxy) is 1.